The highest BCUT2D eigenvalue weighted by atomic mass is 16.5. The van der Waals surface area contributed by atoms with E-state index in [1.807, 2.05) is 0 Å². The smallest absolute Gasteiger partial charge is 0.341 e. The fraction of sp³-hybridized carbons (Fsp3) is 0.333. The quantitative estimate of drug-likeness (QED) is 0.246. The Morgan fingerprint density at radius 3 is 2.41 bits per heavy atom. The fourth-order valence-corrected chi connectivity index (χ4v) is 4.89. The topological polar surface area (TPSA) is 205 Å². The van der Waals surface area contributed by atoms with Crippen LogP contribution in [-0.2, 0) is 25.5 Å². The summed E-state index contributed by atoms with van der Waals surface area (Å²) in [7, 11) is 1.09. The molecule has 0 aromatic heterocycles. The Hall–Kier alpha value is -3.70. The number of rotatable bonds is 2. The van der Waals surface area contributed by atoms with Crippen LogP contribution < -0.4 is 5.73 Å². The number of amides is 1. The van der Waals surface area contributed by atoms with Crippen molar-refractivity contribution >= 4 is 29.2 Å². The number of primary amides is 1. The largest absolute Gasteiger partial charge is 0.508 e. The maximum atomic E-state index is 13.3. The Morgan fingerprint density at radius 2 is 1.81 bits per heavy atom. The number of benzene rings is 1. The minimum absolute atomic E-state index is 0.0927. The van der Waals surface area contributed by atoms with Crippen molar-refractivity contribution in [1.29, 1.82) is 0 Å². The normalized spacial score (nSPS) is 29.3. The van der Waals surface area contributed by atoms with Crippen LogP contribution >= 0.6 is 0 Å². The Bertz CT molecular complexity index is 1180. The molecule has 0 heterocycles. The van der Waals surface area contributed by atoms with Crippen molar-refractivity contribution in [2.24, 2.45) is 17.6 Å². The SMILES string of the molecule is COC(=O)c1ccc2c(c1O)C(O)=C1C(=O)[C@]3(O)C(O)=C(C(N)=O)C(=O)CC3[C@@H](O)C1C2. The van der Waals surface area contributed by atoms with E-state index in [-0.39, 0.29) is 17.5 Å². The third kappa shape index (κ3) is 2.55. The number of phenolic OH excluding ortho intramolecular Hbond substituents is 1. The first-order valence-electron chi connectivity index (χ1n) is 9.55. The van der Waals surface area contributed by atoms with Crippen LogP contribution in [0.25, 0.3) is 5.76 Å². The summed E-state index contributed by atoms with van der Waals surface area (Å²) in [5.41, 5.74) is 0.451. The molecule has 4 rings (SSSR count). The van der Waals surface area contributed by atoms with E-state index in [1.54, 1.807) is 0 Å². The second-order valence-corrected chi connectivity index (χ2v) is 7.97. The van der Waals surface area contributed by atoms with Crippen LogP contribution in [0.3, 0.4) is 0 Å². The number of aliphatic hydroxyl groups is 4. The van der Waals surface area contributed by atoms with Crippen molar-refractivity contribution in [2.75, 3.05) is 7.11 Å². The van der Waals surface area contributed by atoms with Gasteiger partial charge in [-0.3, -0.25) is 14.4 Å². The van der Waals surface area contributed by atoms with Crippen molar-refractivity contribution in [1.82, 2.24) is 0 Å². The van der Waals surface area contributed by atoms with E-state index in [9.17, 15) is 44.7 Å². The molecule has 2 unspecified atom stereocenters. The molecule has 3 aliphatic rings. The van der Waals surface area contributed by atoms with Crippen LogP contribution in [0, 0.1) is 11.8 Å². The van der Waals surface area contributed by atoms with E-state index in [0.29, 0.717) is 5.56 Å². The molecule has 11 nitrogen and oxygen atoms in total. The number of hydrogen-bond acceptors (Lipinski definition) is 10. The molecule has 1 fully saturated rings. The summed E-state index contributed by atoms with van der Waals surface area (Å²) in [5, 5.41) is 54.0. The van der Waals surface area contributed by atoms with Crippen LogP contribution in [0.15, 0.2) is 29.0 Å². The zero-order chi connectivity index (χ0) is 23.7. The second kappa shape index (κ2) is 6.90. The number of carbonyl (C=O) groups is 4. The second-order valence-electron chi connectivity index (χ2n) is 7.97. The standard InChI is InChI=1S/C21H19NO10/c1-32-20(30)7-3-2-6-4-8-12(16(26)11(6)15(7)25)17(27)21(31)9(14(8)24)5-10(23)13(18(21)28)19(22)29/h2-3,8-9,14,24-26,28,31H,4-5H2,1H3,(H2,22,29)/t8?,9?,14-,21-/m0/s1. The highest BCUT2D eigenvalue weighted by Crippen LogP contribution is 2.52. The summed E-state index contributed by atoms with van der Waals surface area (Å²) in [5.74, 6) is -9.86. The molecule has 0 aliphatic heterocycles. The minimum Gasteiger partial charge on any atom is -0.508 e. The predicted molar refractivity (Wildman–Crippen MR) is 104 cm³/mol. The number of nitrogens with two attached hydrogens (primary N) is 1. The maximum absolute atomic E-state index is 13.3. The number of methoxy groups -OCH3 is 1. The van der Waals surface area contributed by atoms with Gasteiger partial charge in [-0.05, 0) is 18.1 Å². The molecule has 7 N–H and O–H groups in total. The van der Waals surface area contributed by atoms with Gasteiger partial charge in [0.2, 0.25) is 5.78 Å². The van der Waals surface area contributed by atoms with E-state index in [4.69, 9.17) is 5.73 Å². The number of carbonyl (C=O) groups excluding carboxylic acids is 4. The first kappa shape index (κ1) is 21.5. The summed E-state index contributed by atoms with van der Waals surface area (Å²) in [6.07, 6.45) is -2.33. The van der Waals surface area contributed by atoms with Crippen LogP contribution in [-0.4, -0.2) is 67.8 Å². The summed E-state index contributed by atoms with van der Waals surface area (Å²) >= 11 is 0. The molecule has 3 aliphatic carbocycles. The number of hydrogen-bond donors (Lipinski definition) is 6. The third-order valence-corrected chi connectivity index (χ3v) is 6.45. The highest BCUT2D eigenvalue weighted by molar-refractivity contribution is 6.23. The molecule has 0 saturated heterocycles. The maximum Gasteiger partial charge on any atom is 0.341 e. The zero-order valence-electron chi connectivity index (χ0n) is 16.7. The van der Waals surface area contributed by atoms with Gasteiger partial charge in [-0.1, -0.05) is 6.07 Å². The molecule has 4 atom stereocenters. The number of aliphatic hydroxyl groups excluding tert-OH is 3. The number of ether oxygens (including phenoxy) is 1. The number of Topliss-reactive ketones (excluding diaryl/α,β-unsaturated/α-hetero) is 2. The van der Waals surface area contributed by atoms with Crippen molar-refractivity contribution in [3.05, 3.63) is 45.7 Å². The van der Waals surface area contributed by atoms with Gasteiger partial charge in [0, 0.05) is 23.8 Å². The van der Waals surface area contributed by atoms with Crippen molar-refractivity contribution in [2.45, 2.75) is 24.5 Å². The van der Waals surface area contributed by atoms with E-state index in [1.165, 1.54) is 12.1 Å². The van der Waals surface area contributed by atoms with Crippen LogP contribution in [0.4, 0.5) is 0 Å². The van der Waals surface area contributed by atoms with Crippen molar-refractivity contribution in [3.63, 3.8) is 0 Å². The Morgan fingerprint density at radius 1 is 1.16 bits per heavy atom. The number of esters is 1. The average Bonchev–Trinajstić information content (AvgIpc) is 2.73. The van der Waals surface area contributed by atoms with E-state index >= 15 is 0 Å². The lowest BCUT2D eigenvalue weighted by molar-refractivity contribution is -0.159. The lowest BCUT2D eigenvalue weighted by Gasteiger charge is -2.48. The molecule has 168 valence electrons. The van der Waals surface area contributed by atoms with Crippen LogP contribution in [0.2, 0.25) is 0 Å². The lowest BCUT2D eigenvalue weighted by atomic mass is 9.58. The summed E-state index contributed by atoms with van der Waals surface area (Å²) in [6.45, 7) is 0. The molecule has 1 aromatic rings. The summed E-state index contributed by atoms with van der Waals surface area (Å²) < 4.78 is 4.57. The van der Waals surface area contributed by atoms with Gasteiger partial charge in [0.15, 0.2) is 11.4 Å². The molecular formula is C21H19NO10. The number of ketones is 2. The van der Waals surface area contributed by atoms with Crippen molar-refractivity contribution in [3.8, 4) is 5.75 Å². The average molecular weight is 445 g/mol. The van der Waals surface area contributed by atoms with Crippen LogP contribution in [0.5, 0.6) is 5.75 Å². The van der Waals surface area contributed by atoms with Gasteiger partial charge in [-0.2, -0.15) is 0 Å². The number of phenols is 1. The Kier molecular flexibility index (Phi) is 4.64. The zero-order valence-corrected chi connectivity index (χ0v) is 16.7. The van der Waals surface area contributed by atoms with Gasteiger partial charge < -0.3 is 36.0 Å². The molecule has 11 heteroatoms. The number of fused-ring (bicyclic) bond motifs is 3. The summed E-state index contributed by atoms with van der Waals surface area (Å²) in [6, 6.07) is 2.66. The molecular weight excluding hydrogens is 426 g/mol. The molecule has 32 heavy (non-hydrogen) atoms. The van der Waals surface area contributed by atoms with Crippen molar-refractivity contribution < 1.29 is 49.4 Å². The molecule has 0 bridgehead atoms. The lowest BCUT2D eigenvalue weighted by Crippen LogP contribution is -2.63. The Balaban J connectivity index is 1.96. The minimum atomic E-state index is -2.90. The van der Waals surface area contributed by atoms with E-state index in [0.717, 1.165) is 7.11 Å². The molecule has 0 radical (unpaired) electrons. The van der Waals surface area contributed by atoms with E-state index in [2.05, 4.69) is 4.74 Å². The van der Waals surface area contributed by atoms with Gasteiger partial charge in [0.25, 0.3) is 5.91 Å². The van der Waals surface area contributed by atoms with Gasteiger partial charge in [0.05, 0.1) is 18.8 Å². The molecule has 1 saturated carbocycles. The van der Waals surface area contributed by atoms with Gasteiger partial charge in [-0.15, -0.1) is 0 Å². The van der Waals surface area contributed by atoms with E-state index < -0.39 is 81.8 Å². The van der Waals surface area contributed by atoms with Crippen LogP contribution in [0.1, 0.15) is 27.9 Å². The highest BCUT2D eigenvalue weighted by Gasteiger charge is 2.63. The molecule has 1 amide bonds. The fourth-order valence-electron chi connectivity index (χ4n) is 4.89. The Labute approximate surface area is 180 Å². The van der Waals surface area contributed by atoms with Gasteiger partial charge >= 0.3 is 5.97 Å². The molecule has 0 spiro atoms. The number of aromatic hydroxyl groups is 1. The first-order valence-corrected chi connectivity index (χ1v) is 9.55. The first-order chi connectivity index (χ1) is 15.0. The van der Waals surface area contributed by atoms with Gasteiger partial charge in [0.1, 0.15) is 28.4 Å². The predicted octanol–water partition coefficient (Wildman–Crippen LogP) is -0.819. The third-order valence-electron chi connectivity index (χ3n) is 6.45. The molecule has 1 aromatic carbocycles. The monoisotopic (exact) mass is 445 g/mol. The summed E-state index contributed by atoms with van der Waals surface area (Å²) in [4.78, 5) is 49.2. The van der Waals surface area contributed by atoms with Gasteiger partial charge in [-0.25, -0.2) is 4.79 Å².